The third kappa shape index (κ3) is 3.90. The van der Waals surface area contributed by atoms with Crippen LogP contribution >= 0.6 is 23.2 Å². The molecule has 0 fully saturated rings. The van der Waals surface area contributed by atoms with Crippen molar-refractivity contribution in [2.75, 3.05) is 0 Å². The summed E-state index contributed by atoms with van der Waals surface area (Å²) in [4.78, 5) is 0. The van der Waals surface area contributed by atoms with E-state index < -0.39 is 0 Å². The topological polar surface area (TPSA) is 0 Å². The van der Waals surface area contributed by atoms with Crippen LogP contribution in [0.1, 0.15) is 6.92 Å². The Morgan fingerprint density at radius 3 is 2.29 bits per heavy atom. The predicted molar refractivity (Wildman–Crippen MR) is 34.6 cm³/mol. The lowest BCUT2D eigenvalue weighted by Gasteiger charge is -1.77. The summed E-state index contributed by atoms with van der Waals surface area (Å²) < 4.78 is 0. The van der Waals surface area contributed by atoms with E-state index in [1.165, 1.54) is 5.54 Å². The number of hydrogen-bond acceptors (Lipinski definition) is 0. The van der Waals surface area contributed by atoms with Crippen molar-refractivity contribution >= 4 is 23.2 Å². The second-order valence-corrected chi connectivity index (χ2v) is 1.65. The van der Waals surface area contributed by atoms with Gasteiger partial charge in [0.25, 0.3) is 0 Å². The fourth-order valence-electron chi connectivity index (χ4n) is 0.156. The molecule has 0 nitrogen and oxygen atoms in total. The van der Waals surface area contributed by atoms with Crippen molar-refractivity contribution in [3.05, 3.63) is 22.7 Å². The third-order valence-electron chi connectivity index (χ3n) is 0.498. The Morgan fingerprint density at radius 2 is 2.14 bits per heavy atom. The minimum atomic E-state index is 0.662. The van der Waals surface area contributed by atoms with Gasteiger partial charge in [-0.15, -0.1) is 0 Å². The molecule has 0 atom stereocenters. The van der Waals surface area contributed by atoms with E-state index in [-0.39, 0.29) is 0 Å². The van der Waals surface area contributed by atoms with E-state index in [9.17, 15) is 0 Å². The van der Waals surface area contributed by atoms with Crippen LogP contribution in [0.3, 0.4) is 0 Å². The quantitative estimate of drug-likeness (QED) is 0.487. The molecule has 0 rings (SSSR count). The first-order chi connectivity index (χ1) is 3.31. The second-order valence-electron chi connectivity index (χ2n) is 0.966. The van der Waals surface area contributed by atoms with Crippen LogP contribution in [0.5, 0.6) is 0 Å². The van der Waals surface area contributed by atoms with Gasteiger partial charge < -0.3 is 0 Å². The maximum absolute atomic E-state index is 5.46. The predicted octanol–water partition coefficient (Wildman–Crippen LogP) is 2.88. The number of halogens is 2. The Morgan fingerprint density at radius 1 is 1.57 bits per heavy atom. The molecule has 2 heteroatoms. The fourth-order valence-corrected chi connectivity index (χ4v) is 0.420. The summed E-state index contributed by atoms with van der Waals surface area (Å²) in [5.41, 5.74) is 1.38. The number of allylic oxidation sites excluding steroid dienone is 3. The van der Waals surface area contributed by atoms with Crippen LogP contribution < -0.4 is 0 Å². The summed E-state index contributed by atoms with van der Waals surface area (Å²) in [6.45, 7) is 1.85. The summed E-state index contributed by atoms with van der Waals surface area (Å²) in [5.74, 6) is 0. The minimum absolute atomic E-state index is 0.662. The molecule has 0 radical (unpaired) electrons. The Labute approximate surface area is 53.4 Å². The lowest BCUT2D eigenvalue weighted by molar-refractivity contribution is 1.70. The molecule has 0 spiro atoms. The van der Waals surface area contributed by atoms with Gasteiger partial charge >= 0.3 is 0 Å². The molecule has 0 unspecified atom stereocenters. The summed E-state index contributed by atoms with van der Waals surface area (Å²) in [6, 6.07) is 0. The van der Waals surface area contributed by atoms with Crippen LogP contribution in [0.25, 0.3) is 0 Å². The summed E-state index contributed by atoms with van der Waals surface area (Å²) in [5, 5.41) is 0.662. The second kappa shape index (κ2) is 4.23. The molecule has 0 aromatic carbocycles. The zero-order valence-electron chi connectivity index (χ0n) is 3.99. The van der Waals surface area contributed by atoms with Crippen molar-refractivity contribution in [3.63, 3.8) is 0 Å². The molecule has 0 aliphatic rings. The highest BCUT2D eigenvalue weighted by Crippen LogP contribution is 2.01. The molecule has 0 heterocycles. The standard InChI is InChI=1S/C5H6Cl2/c1-2-5(7)3-4-6/h2-4H,1H3. The lowest BCUT2D eigenvalue weighted by atomic mass is 10.5. The molecule has 0 bridgehead atoms. The Kier molecular flexibility index (Phi) is 4.26. The number of hydrogen-bond donors (Lipinski definition) is 0. The van der Waals surface area contributed by atoms with E-state index in [0.29, 0.717) is 5.03 Å². The van der Waals surface area contributed by atoms with Crippen molar-refractivity contribution in [1.29, 1.82) is 0 Å². The zero-order valence-corrected chi connectivity index (χ0v) is 5.50. The first-order valence-corrected chi connectivity index (χ1v) is 2.71. The first kappa shape index (κ1) is 7.06. The molecular formula is C5H6Cl2. The number of rotatable bonds is 1. The SMILES string of the molecule is CC=C(Cl)C=CCl. The molecule has 7 heavy (non-hydrogen) atoms. The maximum Gasteiger partial charge on any atom is 0.0372 e. The van der Waals surface area contributed by atoms with Crippen molar-refractivity contribution in [2.24, 2.45) is 0 Å². The van der Waals surface area contributed by atoms with Gasteiger partial charge in [-0.3, -0.25) is 0 Å². The molecule has 0 amide bonds. The zero-order chi connectivity index (χ0) is 5.70. The van der Waals surface area contributed by atoms with Crippen molar-refractivity contribution in [1.82, 2.24) is 0 Å². The lowest BCUT2D eigenvalue weighted by Crippen LogP contribution is -1.53. The summed E-state index contributed by atoms with van der Waals surface area (Å²) >= 11 is 10.6. The highest BCUT2D eigenvalue weighted by molar-refractivity contribution is 6.32. The molecule has 0 saturated carbocycles. The van der Waals surface area contributed by atoms with Gasteiger partial charge in [0.2, 0.25) is 0 Å². The minimum Gasteiger partial charge on any atom is -0.0929 e. The average Bonchev–Trinajstić information content (AvgIpc) is 1.68. The normalized spacial score (nSPS) is 13.3. The Bertz CT molecular complexity index is 92.3. The van der Waals surface area contributed by atoms with Gasteiger partial charge in [-0.05, 0) is 13.0 Å². The van der Waals surface area contributed by atoms with Crippen molar-refractivity contribution < 1.29 is 0 Å². The van der Waals surface area contributed by atoms with E-state index in [2.05, 4.69) is 0 Å². The van der Waals surface area contributed by atoms with Crippen LogP contribution in [0.2, 0.25) is 0 Å². The largest absolute Gasteiger partial charge is 0.0929 e. The van der Waals surface area contributed by atoms with E-state index >= 15 is 0 Å². The highest BCUT2D eigenvalue weighted by Gasteiger charge is 1.74. The van der Waals surface area contributed by atoms with Crippen molar-refractivity contribution in [3.8, 4) is 0 Å². The molecular weight excluding hydrogens is 131 g/mol. The van der Waals surface area contributed by atoms with Gasteiger partial charge in [-0.25, -0.2) is 0 Å². The van der Waals surface area contributed by atoms with Gasteiger partial charge in [-0.1, -0.05) is 29.3 Å². The smallest absolute Gasteiger partial charge is 0.0372 e. The Hall–Kier alpha value is 0.0600. The molecule has 0 aromatic heterocycles. The monoisotopic (exact) mass is 136 g/mol. The van der Waals surface area contributed by atoms with Crippen LogP contribution in [-0.4, -0.2) is 0 Å². The summed E-state index contributed by atoms with van der Waals surface area (Å²) in [6.07, 6.45) is 3.38. The molecule has 0 saturated heterocycles. The van der Waals surface area contributed by atoms with Crippen LogP contribution in [0.15, 0.2) is 22.7 Å². The average molecular weight is 137 g/mol. The van der Waals surface area contributed by atoms with Gasteiger partial charge in [0.1, 0.15) is 0 Å². The first-order valence-electron chi connectivity index (χ1n) is 1.90. The fraction of sp³-hybridized carbons (Fsp3) is 0.200. The van der Waals surface area contributed by atoms with E-state index in [1.807, 2.05) is 6.92 Å². The summed E-state index contributed by atoms with van der Waals surface area (Å²) in [7, 11) is 0. The third-order valence-corrected chi connectivity index (χ3v) is 0.968. The van der Waals surface area contributed by atoms with Gasteiger partial charge in [0.05, 0.1) is 0 Å². The molecule has 0 N–H and O–H groups in total. The highest BCUT2D eigenvalue weighted by atomic mass is 35.5. The van der Waals surface area contributed by atoms with Gasteiger partial charge in [0.15, 0.2) is 0 Å². The molecule has 0 aliphatic heterocycles. The Balaban J connectivity index is 3.58. The van der Waals surface area contributed by atoms with Crippen molar-refractivity contribution in [2.45, 2.75) is 6.92 Å². The van der Waals surface area contributed by atoms with Gasteiger partial charge in [-0.2, -0.15) is 0 Å². The molecule has 40 valence electrons. The van der Waals surface area contributed by atoms with E-state index in [0.717, 1.165) is 0 Å². The van der Waals surface area contributed by atoms with E-state index in [4.69, 9.17) is 23.2 Å². The van der Waals surface area contributed by atoms with E-state index in [1.54, 1.807) is 12.2 Å². The molecule has 0 aromatic rings. The molecule has 0 aliphatic carbocycles. The van der Waals surface area contributed by atoms with Gasteiger partial charge in [0, 0.05) is 10.6 Å². The maximum atomic E-state index is 5.46. The van der Waals surface area contributed by atoms with Crippen LogP contribution in [-0.2, 0) is 0 Å². The van der Waals surface area contributed by atoms with Crippen LogP contribution in [0, 0.1) is 0 Å². The van der Waals surface area contributed by atoms with Crippen LogP contribution in [0.4, 0.5) is 0 Å².